The van der Waals surface area contributed by atoms with Gasteiger partial charge in [-0.25, -0.2) is 0 Å². The first kappa shape index (κ1) is 16.8. The SMILES string of the molecule is O=C(c1ccc(SCCO)cc1)N1C[C@H]2C[C@H](O)[C@@H](O)C[C@H]2C1. The lowest BCUT2D eigenvalue weighted by atomic mass is 9.79. The highest BCUT2D eigenvalue weighted by atomic mass is 32.2. The average Bonchev–Trinajstić information content (AvgIpc) is 2.96. The maximum atomic E-state index is 12.6. The van der Waals surface area contributed by atoms with Gasteiger partial charge in [0.25, 0.3) is 5.91 Å². The van der Waals surface area contributed by atoms with E-state index in [0.717, 1.165) is 4.90 Å². The summed E-state index contributed by atoms with van der Waals surface area (Å²) in [5.74, 6) is 1.24. The Morgan fingerprint density at radius 2 is 1.65 bits per heavy atom. The van der Waals surface area contributed by atoms with Gasteiger partial charge in [-0.15, -0.1) is 11.8 Å². The first-order valence-electron chi connectivity index (χ1n) is 8.07. The number of nitrogens with zero attached hydrogens (tertiary/aromatic N) is 1. The van der Waals surface area contributed by atoms with Crippen molar-refractivity contribution in [3.63, 3.8) is 0 Å². The maximum absolute atomic E-state index is 12.6. The molecule has 2 fully saturated rings. The van der Waals surface area contributed by atoms with E-state index in [9.17, 15) is 15.0 Å². The number of benzene rings is 1. The number of hydrogen-bond acceptors (Lipinski definition) is 5. The van der Waals surface area contributed by atoms with E-state index in [1.54, 1.807) is 11.8 Å². The van der Waals surface area contributed by atoms with Crippen LogP contribution in [0.4, 0.5) is 0 Å². The highest BCUT2D eigenvalue weighted by Gasteiger charge is 2.42. The molecule has 3 rings (SSSR count). The van der Waals surface area contributed by atoms with Crippen molar-refractivity contribution in [3.05, 3.63) is 29.8 Å². The molecule has 1 aromatic carbocycles. The summed E-state index contributed by atoms with van der Waals surface area (Å²) < 4.78 is 0. The van der Waals surface area contributed by atoms with Crippen LogP contribution in [0.5, 0.6) is 0 Å². The molecule has 6 heteroatoms. The summed E-state index contributed by atoms with van der Waals surface area (Å²) in [5.41, 5.74) is 0.665. The smallest absolute Gasteiger partial charge is 0.253 e. The fraction of sp³-hybridized carbons (Fsp3) is 0.588. The van der Waals surface area contributed by atoms with Crippen LogP contribution in [0.2, 0.25) is 0 Å². The Bertz CT molecular complexity index is 532. The Hall–Kier alpha value is -1.08. The van der Waals surface area contributed by atoms with E-state index in [2.05, 4.69) is 0 Å². The van der Waals surface area contributed by atoms with Gasteiger partial charge in [-0.2, -0.15) is 0 Å². The molecule has 5 nitrogen and oxygen atoms in total. The number of thioether (sulfide) groups is 1. The highest BCUT2D eigenvalue weighted by molar-refractivity contribution is 7.99. The largest absolute Gasteiger partial charge is 0.396 e. The van der Waals surface area contributed by atoms with Crippen LogP contribution in [0, 0.1) is 11.8 Å². The summed E-state index contributed by atoms with van der Waals surface area (Å²) >= 11 is 1.56. The van der Waals surface area contributed by atoms with Gasteiger partial charge in [-0.1, -0.05) is 0 Å². The lowest BCUT2D eigenvalue weighted by Gasteiger charge is -2.31. The van der Waals surface area contributed by atoms with Crippen LogP contribution in [0.25, 0.3) is 0 Å². The van der Waals surface area contributed by atoms with E-state index in [-0.39, 0.29) is 24.3 Å². The molecule has 1 aromatic rings. The maximum Gasteiger partial charge on any atom is 0.253 e. The minimum atomic E-state index is -0.658. The van der Waals surface area contributed by atoms with E-state index in [4.69, 9.17) is 5.11 Å². The van der Waals surface area contributed by atoms with Gasteiger partial charge in [0.2, 0.25) is 0 Å². The van der Waals surface area contributed by atoms with Crippen LogP contribution in [-0.4, -0.2) is 63.8 Å². The molecule has 1 aliphatic heterocycles. The molecule has 0 spiro atoms. The Labute approximate surface area is 140 Å². The predicted molar refractivity (Wildman–Crippen MR) is 88.4 cm³/mol. The first-order valence-corrected chi connectivity index (χ1v) is 9.06. The fourth-order valence-corrected chi connectivity index (χ4v) is 4.27. The normalized spacial score (nSPS) is 30.3. The number of carbonyl (C=O) groups excluding carboxylic acids is 1. The third-order valence-corrected chi connectivity index (χ3v) is 5.85. The summed E-state index contributed by atoms with van der Waals surface area (Å²) in [5, 5.41) is 28.4. The van der Waals surface area contributed by atoms with Crippen molar-refractivity contribution in [2.75, 3.05) is 25.4 Å². The van der Waals surface area contributed by atoms with Crippen molar-refractivity contribution in [3.8, 4) is 0 Å². The van der Waals surface area contributed by atoms with E-state index in [0.29, 0.717) is 37.2 Å². The van der Waals surface area contributed by atoms with Crippen molar-refractivity contribution >= 4 is 17.7 Å². The van der Waals surface area contributed by atoms with E-state index in [1.807, 2.05) is 29.2 Å². The second-order valence-corrected chi connectivity index (χ2v) is 7.60. The topological polar surface area (TPSA) is 81.0 Å². The number of aliphatic hydroxyl groups is 3. The molecule has 4 atom stereocenters. The van der Waals surface area contributed by atoms with Crippen LogP contribution in [0.1, 0.15) is 23.2 Å². The molecule has 0 aromatic heterocycles. The molecule has 1 aliphatic carbocycles. The Morgan fingerprint density at radius 3 is 2.17 bits per heavy atom. The molecule has 1 amide bonds. The highest BCUT2D eigenvalue weighted by Crippen LogP contribution is 2.37. The zero-order valence-corrected chi connectivity index (χ0v) is 13.8. The predicted octanol–water partition coefficient (Wildman–Crippen LogP) is 0.975. The Morgan fingerprint density at radius 1 is 1.09 bits per heavy atom. The van der Waals surface area contributed by atoms with Gasteiger partial charge >= 0.3 is 0 Å². The number of rotatable bonds is 4. The summed E-state index contributed by atoms with van der Waals surface area (Å²) in [7, 11) is 0. The zero-order chi connectivity index (χ0) is 16.4. The third kappa shape index (κ3) is 3.71. The first-order chi connectivity index (χ1) is 11.1. The quantitative estimate of drug-likeness (QED) is 0.714. The minimum absolute atomic E-state index is 0.0158. The average molecular weight is 337 g/mol. The zero-order valence-electron chi connectivity index (χ0n) is 13.0. The van der Waals surface area contributed by atoms with Crippen LogP contribution in [0.15, 0.2) is 29.2 Å². The van der Waals surface area contributed by atoms with Crippen LogP contribution < -0.4 is 0 Å². The van der Waals surface area contributed by atoms with Gasteiger partial charge in [-0.05, 0) is 48.9 Å². The summed E-state index contributed by atoms with van der Waals surface area (Å²) in [6.45, 7) is 1.46. The second kappa shape index (κ2) is 7.21. The monoisotopic (exact) mass is 337 g/mol. The molecular weight excluding hydrogens is 314 g/mol. The lowest BCUT2D eigenvalue weighted by molar-refractivity contribution is -0.0372. The fourth-order valence-electron chi connectivity index (χ4n) is 3.61. The van der Waals surface area contributed by atoms with Gasteiger partial charge in [-0.3, -0.25) is 4.79 Å². The summed E-state index contributed by atoms with van der Waals surface area (Å²) in [6, 6.07) is 7.47. The molecule has 0 radical (unpaired) electrons. The minimum Gasteiger partial charge on any atom is -0.396 e. The van der Waals surface area contributed by atoms with Crippen molar-refractivity contribution in [2.24, 2.45) is 11.8 Å². The molecule has 1 saturated heterocycles. The van der Waals surface area contributed by atoms with Crippen molar-refractivity contribution in [2.45, 2.75) is 29.9 Å². The van der Waals surface area contributed by atoms with Gasteiger partial charge in [0.05, 0.1) is 18.8 Å². The molecule has 23 heavy (non-hydrogen) atoms. The van der Waals surface area contributed by atoms with Crippen LogP contribution in [-0.2, 0) is 0 Å². The van der Waals surface area contributed by atoms with Crippen molar-refractivity contribution < 1.29 is 20.1 Å². The van der Waals surface area contributed by atoms with Crippen molar-refractivity contribution in [1.82, 2.24) is 4.90 Å². The van der Waals surface area contributed by atoms with E-state index in [1.165, 1.54) is 0 Å². The Kier molecular flexibility index (Phi) is 5.26. The van der Waals surface area contributed by atoms with Gasteiger partial charge in [0.1, 0.15) is 0 Å². The van der Waals surface area contributed by atoms with Crippen LogP contribution >= 0.6 is 11.8 Å². The lowest BCUT2D eigenvalue weighted by Crippen LogP contribution is -2.38. The second-order valence-electron chi connectivity index (χ2n) is 6.43. The van der Waals surface area contributed by atoms with Gasteiger partial charge in [0.15, 0.2) is 0 Å². The van der Waals surface area contributed by atoms with Gasteiger partial charge < -0.3 is 20.2 Å². The number of hydrogen-bond donors (Lipinski definition) is 3. The number of carbonyl (C=O) groups is 1. The number of likely N-dealkylation sites (tertiary alicyclic amines) is 1. The number of amides is 1. The summed E-state index contributed by atoms with van der Waals surface area (Å²) in [4.78, 5) is 15.5. The molecular formula is C17H23NO4S. The standard InChI is InChI=1S/C17H23NO4S/c19-5-6-23-14-3-1-11(2-4-14)17(22)18-9-12-7-15(20)16(21)8-13(12)10-18/h1-4,12-13,15-16,19-21H,5-10H2/t12-,13+,15-,16-/m0/s1. The molecule has 126 valence electrons. The van der Waals surface area contributed by atoms with Gasteiger partial charge in [0, 0.05) is 29.3 Å². The molecule has 2 aliphatic rings. The third-order valence-electron chi connectivity index (χ3n) is 4.86. The molecule has 0 bridgehead atoms. The summed E-state index contributed by atoms with van der Waals surface area (Å²) in [6.07, 6.45) is -0.165. The number of aliphatic hydroxyl groups excluding tert-OH is 3. The molecule has 1 heterocycles. The van der Waals surface area contributed by atoms with Crippen molar-refractivity contribution in [1.29, 1.82) is 0 Å². The molecule has 0 unspecified atom stereocenters. The molecule has 3 N–H and O–H groups in total. The van der Waals surface area contributed by atoms with E-state index < -0.39 is 12.2 Å². The Balaban J connectivity index is 1.62. The molecule has 1 saturated carbocycles. The number of fused-ring (bicyclic) bond motifs is 1. The van der Waals surface area contributed by atoms with Crippen LogP contribution in [0.3, 0.4) is 0 Å². The van der Waals surface area contributed by atoms with E-state index >= 15 is 0 Å².